The third kappa shape index (κ3) is 4.97. The summed E-state index contributed by atoms with van der Waals surface area (Å²) < 4.78 is 15.1. The fourth-order valence-electron chi connectivity index (χ4n) is 3.84. The summed E-state index contributed by atoms with van der Waals surface area (Å²) in [6, 6.07) is 13.0. The summed E-state index contributed by atoms with van der Waals surface area (Å²) in [5.74, 6) is 1.36. The maximum absolute atomic E-state index is 15.1. The highest BCUT2D eigenvalue weighted by molar-refractivity contribution is 6.32. The number of halogens is 2. The molecule has 2 aromatic carbocycles. The van der Waals surface area contributed by atoms with Crippen LogP contribution in [-0.4, -0.2) is 27.2 Å². The molecule has 1 fully saturated rings. The van der Waals surface area contributed by atoms with Gasteiger partial charge in [-0.1, -0.05) is 42.4 Å². The molecule has 4 aromatic rings. The minimum absolute atomic E-state index is 0.218. The molecule has 5 rings (SSSR count). The van der Waals surface area contributed by atoms with Crippen LogP contribution >= 0.6 is 11.6 Å². The predicted molar refractivity (Wildman–Crippen MR) is 139 cm³/mol. The number of aromatic nitrogens is 4. The normalized spacial score (nSPS) is 12.9. The number of H-pyrrole nitrogens is 1. The minimum atomic E-state index is -0.413. The van der Waals surface area contributed by atoms with Crippen LogP contribution in [-0.2, 0) is 0 Å². The van der Waals surface area contributed by atoms with E-state index in [9.17, 15) is 0 Å². The maximum Gasteiger partial charge on any atom is 0.229 e. The Hall–Kier alpha value is -3.91. The van der Waals surface area contributed by atoms with Gasteiger partial charge in [0.2, 0.25) is 5.95 Å². The van der Waals surface area contributed by atoms with E-state index in [1.54, 1.807) is 6.07 Å². The molecular formula is C26H25ClFN7. The Kier molecular flexibility index (Phi) is 6.13. The highest BCUT2D eigenvalue weighted by Crippen LogP contribution is 2.40. The van der Waals surface area contributed by atoms with Crippen molar-refractivity contribution in [1.29, 1.82) is 0 Å². The van der Waals surface area contributed by atoms with Crippen molar-refractivity contribution < 1.29 is 4.39 Å². The Balaban J connectivity index is 1.35. The van der Waals surface area contributed by atoms with E-state index >= 15 is 4.39 Å². The smallest absolute Gasteiger partial charge is 0.229 e. The van der Waals surface area contributed by atoms with E-state index in [1.807, 2.05) is 44.3 Å². The number of aromatic amines is 1. The van der Waals surface area contributed by atoms with Crippen LogP contribution in [0.2, 0.25) is 5.02 Å². The number of nitrogens with one attached hydrogen (secondary N) is 4. The third-order valence-electron chi connectivity index (χ3n) is 6.01. The fourth-order valence-corrected chi connectivity index (χ4v) is 3.98. The lowest BCUT2D eigenvalue weighted by Crippen LogP contribution is -2.03. The average Bonchev–Trinajstić information content (AvgIpc) is 3.61. The standard InChI is InChI=1S/C26H25ClFN7/c1-14-10-23(21(28)11-19(14)17-6-4-16(5-7-17)15(2)29-3)31-26-30-13-20(27)25(33-26)32-24-12-22(34-35-24)18-8-9-18/h4-7,10-13,18,29H,2,8-9H2,1,3H3,(H3,30,31,32,33,34,35). The molecule has 35 heavy (non-hydrogen) atoms. The summed E-state index contributed by atoms with van der Waals surface area (Å²) in [6.45, 7) is 5.90. The summed E-state index contributed by atoms with van der Waals surface area (Å²) >= 11 is 6.28. The Morgan fingerprint density at radius 3 is 2.63 bits per heavy atom. The zero-order chi connectivity index (χ0) is 24.5. The van der Waals surface area contributed by atoms with Crippen LogP contribution in [0, 0.1) is 12.7 Å². The Bertz CT molecular complexity index is 1390. The summed E-state index contributed by atoms with van der Waals surface area (Å²) in [4.78, 5) is 8.62. The molecule has 0 unspecified atom stereocenters. The van der Waals surface area contributed by atoms with Crippen molar-refractivity contribution in [2.75, 3.05) is 17.7 Å². The molecule has 178 valence electrons. The molecule has 0 atom stereocenters. The summed E-state index contributed by atoms with van der Waals surface area (Å²) in [5, 5.41) is 16.7. The van der Waals surface area contributed by atoms with Crippen LogP contribution < -0.4 is 16.0 Å². The molecule has 4 N–H and O–H groups in total. The lowest BCUT2D eigenvalue weighted by atomic mass is 9.98. The molecule has 1 aliphatic rings. The lowest BCUT2D eigenvalue weighted by Gasteiger charge is -2.13. The molecule has 0 bridgehead atoms. The number of nitrogens with zero attached hydrogens (tertiary/aromatic N) is 3. The number of hydrogen-bond donors (Lipinski definition) is 4. The van der Waals surface area contributed by atoms with Gasteiger partial charge in [0, 0.05) is 30.4 Å². The quantitative estimate of drug-likeness (QED) is 0.225. The van der Waals surface area contributed by atoms with Crippen LogP contribution in [0.4, 0.5) is 27.7 Å². The molecule has 2 heterocycles. The van der Waals surface area contributed by atoms with E-state index in [0.29, 0.717) is 22.6 Å². The Morgan fingerprint density at radius 1 is 1.14 bits per heavy atom. The molecular weight excluding hydrogens is 465 g/mol. The van der Waals surface area contributed by atoms with Crippen LogP contribution in [0.5, 0.6) is 0 Å². The highest BCUT2D eigenvalue weighted by Gasteiger charge is 2.25. The van der Waals surface area contributed by atoms with Crippen molar-refractivity contribution in [1.82, 2.24) is 25.5 Å². The second-order valence-electron chi connectivity index (χ2n) is 8.58. The van der Waals surface area contributed by atoms with Gasteiger partial charge >= 0.3 is 0 Å². The second-order valence-corrected chi connectivity index (χ2v) is 8.98. The zero-order valence-electron chi connectivity index (χ0n) is 19.4. The fraction of sp³-hybridized carbons (Fsp3) is 0.192. The van der Waals surface area contributed by atoms with E-state index < -0.39 is 5.82 Å². The number of anilines is 4. The van der Waals surface area contributed by atoms with Crippen molar-refractivity contribution in [3.63, 3.8) is 0 Å². The van der Waals surface area contributed by atoms with E-state index in [2.05, 4.69) is 42.7 Å². The number of rotatable bonds is 8. The minimum Gasteiger partial charge on any atom is -0.388 e. The van der Waals surface area contributed by atoms with Crippen LogP contribution in [0.25, 0.3) is 16.8 Å². The SMILES string of the molecule is C=C(NC)c1ccc(-c2cc(F)c(Nc3ncc(Cl)c(Nc4cc(C5CC5)[nH]n4)n3)cc2C)cc1. The van der Waals surface area contributed by atoms with Gasteiger partial charge in [-0.05, 0) is 54.2 Å². The molecule has 0 amide bonds. The topological polar surface area (TPSA) is 90.6 Å². The Labute approximate surface area is 207 Å². The number of aryl methyl sites for hydroxylation is 1. The molecule has 7 nitrogen and oxygen atoms in total. The third-order valence-corrected chi connectivity index (χ3v) is 6.29. The number of benzene rings is 2. The monoisotopic (exact) mass is 489 g/mol. The van der Waals surface area contributed by atoms with Gasteiger partial charge < -0.3 is 16.0 Å². The van der Waals surface area contributed by atoms with Crippen molar-refractivity contribution in [3.8, 4) is 11.1 Å². The molecule has 1 saturated carbocycles. The second kappa shape index (κ2) is 9.38. The maximum atomic E-state index is 15.1. The van der Waals surface area contributed by atoms with Crippen LogP contribution in [0.1, 0.15) is 35.6 Å². The molecule has 0 saturated heterocycles. The molecule has 0 aliphatic heterocycles. The van der Waals surface area contributed by atoms with Gasteiger partial charge in [-0.3, -0.25) is 5.10 Å². The molecule has 0 radical (unpaired) electrons. The molecule has 9 heteroatoms. The predicted octanol–water partition coefficient (Wildman–Crippen LogP) is 6.52. The molecule has 0 spiro atoms. The van der Waals surface area contributed by atoms with Gasteiger partial charge in [0.1, 0.15) is 10.8 Å². The van der Waals surface area contributed by atoms with Gasteiger partial charge in [0.05, 0.1) is 11.9 Å². The van der Waals surface area contributed by atoms with E-state index in [-0.39, 0.29) is 11.6 Å². The first-order valence-electron chi connectivity index (χ1n) is 11.3. The van der Waals surface area contributed by atoms with Gasteiger partial charge in [-0.15, -0.1) is 0 Å². The largest absolute Gasteiger partial charge is 0.388 e. The van der Waals surface area contributed by atoms with Crippen molar-refractivity contribution >= 4 is 40.6 Å². The molecule has 2 aromatic heterocycles. The summed E-state index contributed by atoms with van der Waals surface area (Å²) in [6.07, 6.45) is 3.81. The highest BCUT2D eigenvalue weighted by atomic mass is 35.5. The van der Waals surface area contributed by atoms with E-state index in [1.165, 1.54) is 25.1 Å². The van der Waals surface area contributed by atoms with Crippen molar-refractivity contribution in [3.05, 3.63) is 82.9 Å². The zero-order valence-corrected chi connectivity index (χ0v) is 20.2. The van der Waals surface area contributed by atoms with Gasteiger partial charge in [0.15, 0.2) is 11.6 Å². The van der Waals surface area contributed by atoms with Crippen molar-refractivity contribution in [2.45, 2.75) is 25.7 Å². The summed E-state index contributed by atoms with van der Waals surface area (Å²) in [5.41, 5.74) is 5.80. The number of hydrogen-bond acceptors (Lipinski definition) is 6. The van der Waals surface area contributed by atoms with Crippen LogP contribution in [0.15, 0.2) is 55.2 Å². The van der Waals surface area contributed by atoms with Gasteiger partial charge in [0.25, 0.3) is 0 Å². The van der Waals surface area contributed by atoms with E-state index in [4.69, 9.17) is 11.6 Å². The van der Waals surface area contributed by atoms with E-state index in [0.717, 1.165) is 33.6 Å². The lowest BCUT2D eigenvalue weighted by molar-refractivity contribution is 0.631. The summed E-state index contributed by atoms with van der Waals surface area (Å²) in [7, 11) is 1.83. The Morgan fingerprint density at radius 2 is 1.91 bits per heavy atom. The van der Waals surface area contributed by atoms with Crippen molar-refractivity contribution in [2.24, 2.45) is 0 Å². The first-order chi connectivity index (χ1) is 16.9. The molecule has 1 aliphatic carbocycles. The first-order valence-corrected chi connectivity index (χ1v) is 11.7. The average molecular weight is 490 g/mol. The van der Waals surface area contributed by atoms with Crippen LogP contribution in [0.3, 0.4) is 0 Å². The first kappa shape index (κ1) is 22.9. The van der Waals surface area contributed by atoms with Gasteiger partial charge in [-0.25, -0.2) is 9.37 Å². The van der Waals surface area contributed by atoms with Gasteiger partial charge in [-0.2, -0.15) is 10.1 Å².